The molecule has 3 rings (SSSR count). The fourth-order valence-electron chi connectivity index (χ4n) is 2.33. The number of fused-ring (bicyclic) bond motifs is 1. The molecule has 21 heavy (non-hydrogen) atoms. The Morgan fingerprint density at radius 2 is 2.19 bits per heavy atom. The van der Waals surface area contributed by atoms with Crippen molar-refractivity contribution < 1.29 is 13.2 Å². The van der Waals surface area contributed by atoms with E-state index in [1.165, 1.54) is 11.3 Å². The van der Waals surface area contributed by atoms with Crippen molar-refractivity contribution in [1.29, 1.82) is 0 Å². The van der Waals surface area contributed by atoms with E-state index in [0.29, 0.717) is 17.4 Å². The summed E-state index contributed by atoms with van der Waals surface area (Å²) in [7, 11) is -3.57. The maximum atomic E-state index is 12.5. The highest BCUT2D eigenvalue weighted by atomic mass is 32.2. The van der Waals surface area contributed by atoms with E-state index in [-0.39, 0.29) is 6.04 Å². The van der Waals surface area contributed by atoms with Gasteiger partial charge in [0.05, 0.1) is 6.04 Å². The lowest BCUT2D eigenvalue weighted by Crippen LogP contribution is -2.29. The molecular weight excluding hydrogens is 308 g/mol. The van der Waals surface area contributed by atoms with Crippen LogP contribution in [0, 0.1) is 6.92 Å². The molecule has 1 atom stereocenters. The molecular formula is C14H16N2O3S2. The van der Waals surface area contributed by atoms with E-state index < -0.39 is 10.0 Å². The number of para-hydroxylation sites is 1. The van der Waals surface area contributed by atoms with Crippen LogP contribution in [0.25, 0.3) is 0 Å². The average Bonchev–Trinajstić information content (AvgIpc) is 3.03. The van der Waals surface area contributed by atoms with Gasteiger partial charge in [-0.25, -0.2) is 8.42 Å². The summed E-state index contributed by atoms with van der Waals surface area (Å²) < 4.78 is 33.5. The molecule has 5 nitrogen and oxygen atoms in total. The van der Waals surface area contributed by atoms with Crippen molar-refractivity contribution in [3.8, 4) is 5.75 Å². The van der Waals surface area contributed by atoms with Crippen LogP contribution in [0.15, 0.2) is 34.5 Å². The van der Waals surface area contributed by atoms with Crippen LogP contribution in [0.3, 0.4) is 0 Å². The Morgan fingerprint density at radius 3 is 2.90 bits per heavy atom. The number of thiophene rings is 1. The first-order valence-electron chi connectivity index (χ1n) is 6.54. The minimum Gasteiger partial charge on any atom is -0.491 e. The van der Waals surface area contributed by atoms with Gasteiger partial charge < -0.3 is 10.5 Å². The zero-order valence-corrected chi connectivity index (χ0v) is 13.1. The quantitative estimate of drug-likeness (QED) is 0.900. The topological polar surface area (TPSA) is 81.4 Å². The van der Waals surface area contributed by atoms with Crippen molar-refractivity contribution in [3.05, 3.63) is 46.3 Å². The molecule has 0 bridgehead atoms. The van der Waals surface area contributed by atoms with Gasteiger partial charge in [0.2, 0.25) is 0 Å². The third kappa shape index (κ3) is 2.69. The molecule has 2 aromatic rings. The monoisotopic (exact) mass is 324 g/mol. The van der Waals surface area contributed by atoms with E-state index in [4.69, 9.17) is 10.5 Å². The van der Waals surface area contributed by atoms with Gasteiger partial charge in [0.25, 0.3) is 10.0 Å². The van der Waals surface area contributed by atoms with Crippen molar-refractivity contribution in [2.45, 2.75) is 23.7 Å². The van der Waals surface area contributed by atoms with E-state index in [1.807, 2.05) is 31.2 Å². The third-order valence-electron chi connectivity index (χ3n) is 3.45. The first kappa shape index (κ1) is 14.5. The van der Waals surface area contributed by atoms with Crippen LogP contribution in [0.2, 0.25) is 0 Å². The number of hydrogen-bond donors (Lipinski definition) is 2. The summed E-state index contributed by atoms with van der Waals surface area (Å²) in [4.78, 5) is 0.887. The molecule has 0 radical (unpaired) electrons. The molecule has 1 unspecified atom stereocenters. The van der Waals surface area contributed by atoms with E-state index >= 15 is 0 Å². The van der Waals surface area contributed by atoms with Crippen LogP contribution in [0.1, 0.15) is 22.0 Å². The van der Waals surface area contributed by atoms with Crippen molar-refractivity contribution in [3.63, 3.8) is 0 Å². The maximum absolute atomic E-state index is 12.5. The van der Waals surface area contributed by atoms with Crippen molar-refractivity contribution in [2.24, 2.45) is 5.73 Å². The van der Waals surface area contributed by atoms with Gasteiger partial charge in [-0.3, -0.25) is 0 Å². The minimum absolute atomic E-state index is 0.296. The molecule has 2 heterocycles. The number of aryl methyl sites for hydroxylation is 1. The van der Waals surface area contributed by atoms with Gasteiger partial charge in [-0.15, -0.1) is 11.3 Å². The molecule has 7 heteroatoms. The Morgan fingerprint density at radius 1 is 1.43 bits per heavy atom. The zero-order chi connectivity index (χ0) is 15.0. The second-order valence-electron chi connectivity index (χ2n) is 4.90. The molecule has 1 aromatic heterocycles. The summed E-state index contributed by atoms with van der Waals surface area (Å²) in [5.41, 5.74) is 7.39. The summed E-state index contributed by atoms with van der Waals surface area (Å²) in [6, 6.07) is 8.76. The number of benzene rings is 1. The largest absolute Gasteiger partial charge is 0.491 e. The van der Waals surface area contributed by atoms with Gasteiger partial charge in [0, 0.05) is 17.0 Å². The number of hydrogen-bond acceptors (Lipinski definition) is 5. The van der Waals surface area contributed by atoms with Gasteiger partial charge in [0.15, 0.2) is 0 Å². The van der Waals surface area contributed by atoms with Crippen molar-refractivity contribution >= 4 is 21.4 Å². The number of nitrogens with one attached hydrogen (secondary N) is 1. The molecule has 0 amide bonds. The van der Waals surface area contributed by atoms with E-state index in [9.17, 15) is 8.42 Å². The molecule has 3 N–H and O–H groups in total. The lowest BCUT2D eigenvalue weighted by molar-refractivity contribution is 0.325. The molecule has 0 fully saturated rings. The van der Waals surface area contributed by atoms with E-state index in [0.717, 1.165) is 21.8 Å². The molecule has 1 aliphatic heterocycles. The number of sulfonamides is 1. The van der Waals surface area contributed by atoms with Crippen LogP contribution < -0.4 is 15.2 Å². The lowest BCUT2D eigenvalue weighted by atomic mass is 10.1. The molecule has 0 aliphatic carbocycles. The SMILES string of the molecule is Cc1cc(S(=O)(=O)NC2COc3ccccc32)sc1CN. The van der Waals surface area contributed by atoms with Crippen molar-refractivity contribution in [2.75, 3.05) is 6.61 Å². The Bertz CT molecular complexity index is 768. The summed E-state index contributed by atoms with van der Waals surface area (Å²) >= 11 is 1.21. The Labute approximate surface area is 127 Å². The standard InChI is InChI=1S/C14H16N2O3S2/c1-9-6-14(20-13(9)7-15)21(17,18)16-11-8-19-12-5-3-2-4-10(11)12/h2-6,11,16H,7-8,15H2,1H3. The summed E-state index contributed by atoms with van der Waals surface area (Å²) in [5, 5.41) is 0. The smallest absolute Gasteiger partial charge is 0.250 e. The van der Waals surface area contributed by atoms with Gasteiger partial charge in [-0.05, 0) is 24.6 Å². The third-order valence-corrected chi connectivity index (χ3v) is 6.65. The average molecular weight is 324 g/mol. The van der Waals surface area contributed by atoms with Crippen LogP contribution in [0.5, 0.6) is 5.75 Å². The second kappa shape index (κ2) is 5.42. The normalized spacial score (nSPS) is 17.5. The van der Waals surface area contributed by atoms with Crippen molar-refractivity contribution in [1.82, 2.24) is 4.72 Å². The first-order chi connectivity index (χ1) is 10.0. The van der Waals surface area contributed by atoms with Crippen LogP contribution in [-0.4, -0.2) is 15.0 Å². The zero-order valence-electron chi connectivity index (χ0n) is 11.5. The highest BCUT2D eigenvalue weighted by molar-refractivity contribution is 7.91. The number of nitrogens with two attached hydrogens (primary N) is 1. The van der Waals surface area contributed by atoms with Gasteiger partial charge in [0.1, 0.15) is 16.6 Å². The minimum atomic E-state index is -3.57. The first-order valence-corrected chi connectivity index (χ1v) is 8.84. The van der Waals surface area contributed by atoms with Gasteiger partial charge in [-0.1, -0.05) is 18.2 Å². The molecule has 0 spiro atoms. The summed E-state index contributed by atoms with van der Waals surface area (Å²) in [6.07, 6.45) is 0. The molecule has 0 saturated carbocycles. The number of rotatable bonds is 4. The van der Waals surface area contributed by atoms with Crippen LogP contribution >= 0.6 is 11.3 Å². The maximum Gasteiger partial charge on any atom is 0.250 e. The number of ether oxygens (including phenoxy) is 1. The van der Waals surface area contributed by atoms with E-state index in [1.54, 1.807) is 6.07 Å². The Balaban J connectivity index is 1.87. The molecule has 1 aromatic carbocycles. The van der Waals surface area contributed by atoms with Crippen LogP contribution in [0.4, 0.5) is 0 Å². The second-order valence-corrected chi connectivity index (χ2v) is 7.98. The molecule has 1 aliphatic rings. The predicted octanol–water partition coefficient (Wildman–Crippen LogP) is 1.93. The Hall–Kier alpha value is -1.41. The lowest BCUT2D eigenvalue weighted by Gasteiger charge is -2.11. The predicted molar refractivity (Wildman–Crippen MR) is 81.9 cm³/mol. The summed E-state index contributed by atoms with van der Waals surface area (Å²) in [6.45, 7) is 2.53. The highest BCUT2D eigenvalue weighted by Gasteiger charge is 2.29. The molecule has 0 saturated heterocycles. The van der Waals surface area contributed by atoms with Crippen LogP contribution in [-0.2, 0) is 16.6 Å². The summed E-state index contributed by atoms with van der Waals surface area (Å²) in [5.74, 6) is 0.732. The fraction of sp³-hybridized carbons (Fsp3) is 0.286. The Kier molecular flexibility index (Phi) is 3.75. The fourth-order valence-corrected chi connectivity index (χ4v) is 5.01. The van der Waals surface area contributed by atoms with Gasteiger partial charge in [-0.2, -0.15) is 4.72 Å². The highest BCUT2D eigenvalue weighted by Crippen LogP contribution is 2.34. The van der Waals surface area contributed by atoms with E-state index in [2.05, 4.69) is 4.72 Å². The molecule has 112 valence electrons. The van der Waals surface area contributed by atoms with Gasteiger partial charge >= 0.3 is 0 Å².